The third-order valence-electron chi connectivity index (χ3n) is 2.61. The number of hydrogen-bond donors (Lipinski definition) is 2. The van der Waals surface area contributed by atoms with E-state index < -0.39 is 10.0 Å². The Labute approximate surface area is 118 Å². The van der Waals surface area contributed by atoms with E-state index in [1.165, 1.54) is 11.0 Å². The maximum atomic E-state index is 12.3. The van der Waals surface area contributed by atoms with Crippen molar-refractivity contribution in [3.63, 3.8) is 0 Å². The number of anilines is 1. The molecule has 2 aromatic rings. The number of hydrogen-bond acceptors (Lipinski definition) is 5. The molecule has 1 heterocycles. The molecule has 0 aliphatic rings. The first-order valence-corrected chi connectivity index (χ1v) is 7.68. The van der Waals surface area contributed by atoms with Gasteiger partial charge in [-0.2, -0.15) is 5.10 Å². The molecule has 0 bridgehead atoms. The lowest BCUT2D eigenvalue weighted by Gasteiger charge is -2.11. The van der Waals surface area contributed by atoms with E-state index in [0.29, 0.717) is 18.1 Å². The van der Waals surface area contributed by atoms with Crippen LogP contribution in [0.2, 0.25) is 0 Å². The van der Waals surface area contributed by atoms with Crippen LogP contribution in [0.15, 0.2) is 35.5 Å². The van der Waals surface area contributed by atoms with Crippen molar-refractivity contribution in [2.45, 2.75) is 18.4 Å². The minimum Gasteiger partial charge on any atom is -0.384 e. The molecule has 1 aromatic carbocycles. The number of nitrogens with zero attached hydrogens (tertiary/aromatic N) is 3. The van der Waals surface area contributed by atoms with Crippen molar-refractivity contribution < 1.29 is 8.42 Å². The second-order valence-corrected chi connectivity index (χ2v) is 5.92. The molecule has 108 valence electrons. The van der Waals surface area contributed by atoms with Gasteiger partial charge in [0.2, 0.25) is 10.0 Å². The smallest absolute Gasteiger partial charge is 0.243 e. The van der Waals surface area contributed by atoms with Crippen LogP contribution in [0.25, 0.3) is 0 Å². The summed E-state index contributed by atoms with van der Waals surface area (Å²) in [7, 11) is -1.88. The van der Waals surface area contributed by atoms with Gasteiger partial charge in [-0.05, 0) is 19.1 Å². The molecule has 0 saturated heterocycles. The maximum absolute atomic E-state index is 12.3. The molecular formula is C12H17N5O2S. The zero-order valence-corrected chi connectivity index (χ0v) is 12.2. The molecule has 0 aliphatic heterocycles. The van der Waals surface area contributed by atoms with Crippen molar-refractivity contribution in [2.75, 3.05) is 11.9 Å². The van der Waals surface area contributed by atoms with Gasteiger partial charge < -0.3 is 5.32 Å². The normalized spacial score (nSPS) is 11.5. The number of benzene rings is 1. The van der Waals surface area contributed by atoms with E-state index in [2.05, 4.69) is 20.1 Å². The zero-order chi connectivity index (χ0) is 14.6. The number of aryl methyl sites for hydroxylation is 1. The molecule has 0 aliphatic carbocycles. The van der Waals surface area contributed by atoms with Gasteiger partial charge in [0.25, 0.3) is 0 Å². The fourth-order valence-electron chi connectivity index (χ4n) is 1.74. The first kappa shape index (κ1) is 14.5. The highest BCUT2D eigenvalue weighted by atomic mass is 32.2. The molecule has 1 aromatic heterocycles. The second kappa shape index (κ2) is 6.02. The van der Waals surface area contributed by atoms with Gasteiger partial charge in [0.15, 0.2) is 5.82 Å². The lowest BCUT2D eigenvalue weighted by molar-refractivity contribution is 0.579. The van der Waals surface area contributed by atoms with E-state index in [1.807, 2.05) is 6.92 Å². The van der Waals surface area contributed by atoms with Crippen molar-refractivity contribution in [1.82, 2.24) is 19.5 Å². The standard InChI is InChI=1S/C12H17N5O2S/c1-3-13-10-6-4-5-7-11(10)20(18,19)15-8-12-14-9-17(2)16-12/h4-7,9,13,15H,3,8H2,1-2H3. The molecule has 0 spiro atoms. The van der Waals surface area contributed by atoms with Gasteiger partial charge in [-0.15, -0.1) is 0 Å². The van der Waals surface area contributed by atoms with Crippen LogP contribution < -0.4 is 10.0 Å². The Bertz CT molecular complexity index is 681. The maximum Gasteiger partial charge on any atom is 0.243 e. The van der Waals surface area contributed by atoms with Gasteiger partial charge >= 0.3 is 0 Å². The Morgan fingerprint density at radius 2 is 2.05 bits per heavy atom. The topological polar surface area (TPSA) is 88.9 Å². The fourth-order valence-corrected chi connectivity index (χ4v) is 2.90. The van der Waals surface area contributed by atoms with E-state index in [4.69, 9.17) is 0 Å². The fraction of sp³-hybridized carbons (Fsp3) is 0.333. The third-order valence-corrected chi connectivity index (χ3v) is 4.07. The highest BCUT2D eigenvalue weighted by Gasteiger charge is 2.18. The van der Waals surface area contributed by atoms with Crippen LogP contribution in [0.5, 0.6) is 0 Å². The Morgan fingerprint density at radius 1 is 1.30 bits per heavy atom. The molecule has 0 fully saturated rings. The summed E-state index contributed by atoms with van der Waals surface area (Å²) in [5, 5.41) is 7.06. The predicted octanol–water partition coefficient (Wildman–Crippen LogP) is 0.725. The summed E-state index contributed by atoms with van der Waals surface area (Å²) in [4.78, 5) is 4.20. The van der Waals surface area contributed by atoms with Gasteiger partial charge in [-0.25, -0.2) is 18.1 Å². The molecule has 8 heteroatoms. The highest BCUT2D eigenvalue weighted by molar-refractivity contribution is 7.89. The van der Waals surface area contributed by atoms with Gasteiger partial charge in [-0.1, -0.05) is 12.1 Å². The van der Waals surface area contributed by atoms with Crippen LogP contribution in [0.3, 0.4) is 0 Å². The van der Waals surface area contributed by atoms with E-state index in [1.54, 1.807) is 31.3 Å². The summed E-state index contributed by atoms with van der Waals surface area (Å²) in [5.41, 5.74) is 0.580. The Kier molecular flexibility index (Phi) is 4.35. The van der Waals surface area contributed by atoms with Crippen LogP contribution in [0.4, 0.5) is 5.69 Å². The van der Waals surface area contributed by atoms with Gasteiger partial charge in [-0.3, -0.25) is 4.68 Å². The lowest BCUT2D eigenvalue weighted by Crippen LogP contribution is -2.25. The summed E-state index contributed by atoms with van der Waals surface area (Å²) >= 11 is 0. The molecule has 0 unspecified atom stereocenters. The molecule has 0 saturated carbocycles. The highest BCUT2D eigenvalue weighted by Crippen LogP contribution is 2.20. The molecule has 0 amide bonds. The van der Waals surface area contributed by atoms with Crippen molar-refractivity contribution in [3.05, 3.63) is 36.4 Å². The Hall–Kier alpha value is -1.93. The zero-order valence-electron chi connectivity index (χ0n) is 11.4. The second-order valence-electron chi connectivity index (χ2n) is 4.19. The van der Waals surface area contributed by atoms with E-state index in [0.717, 1.165) is 0 Å². The Balaban J connectivity index is 2.18. The summed E-state index contributed by atoms with van der Waals surface area (Å²) in [6.45, 7) is 2.62. The molecule has 0 radical (unpaired) electrons. The molecule has 20 heavy (non-hydrogen) atoms. The monoisotopic (exact) mass is 295 g/mol. The van der Waals surface area contributed by atoms with Crippen LogP contribution in [-0.4, -0.2) is 29.7 Å². The largest absolute Gasteiger partial charge is 0.384 e. The van der Waals surface area contributed by atoms with E-state index in [9.17, 15) is 8.42 Å². The number of sulfonamides is 1. The van der Waals surface area contributed by atoms with Crippen LogP contribution in [0.1, 0.15) is 12.7 Å². The van der Waals surface area contributed by atoms with Gasteiger partial charge in [0.1, 0.15) is 11.2 Å². The molecule has 0 atom stereocenters. The summed E-state index contributed by atoms with van der Waals surface area (Å²) in [6.07, 6.45) is 1.52. The van der Waals surface area contributed by atoms with Gasteiger partial charge in [0.05, 0.1) is 12.2 Å². The number of para-hydroxylation sites is 1. The van der Waals surface area contributed by atoms with Crippen molar-refractivity contribution >= 4 is 15.7 Å². The van der Waals surface area contributed by atoms with Gasteiger partial charge in [0, 0.05) is 13.6 Å². The number of aromatic nitrogens is 3. The molecular weight excluding hydrogens is 278 g/mol. The minimum atomic E-state index is -3.60. The summed E-state index contributed by atoms with van der Waals surface area (Å²) in [6, 6.07) is 6.77. The number of nitrogens with one attached hydrogen (secondary N) is 2. The number of rotatable bonds is 6. The van der Waals surface area contributed by atoms with E-state index >= 15 is 0 Å². The molecule has 7 nitrogen and oxygen atoms in total. The summed E-state index contributed by atoms with van der Waals surface area (Å²) < 4.78 is 28.6. The first-order valence-electron chi connectivity index (χ1n) is 6.20. The minimum absolute atomic E-state index is 0.0592. The van der Waals surface area contributed by atoms with Crippen molar-refractivity contribution in [2.24, 2.45) is 7.05 Å². The first-order chi connectivity index (χ1) is 9.53. The quantitative estimate of drug-likeness (QED) is 0.820. The van der Waals surface area contributed by atoms with Crippen LogP contribution in [0, 0.1) is 0 Å². The average molecular weight is 295 g/mol. The predicted molar refractivity (Wildman–Crippen MR) is 75.6 cm³/mol. The molecule has 2 rings (SSSR count). The third kappa shape index (κ3) is 3.34. The average Bonchev–Trinajstić information content (AvgIpc) is 2.83. The summed E-state index contributed by atoms with van der Waals surface area (Å²) in [5.74, 6) is 0.428. The Morgan fingerprint density at radius 3 is 2.70 bits per heavy atom. The van der Waals surface area contributed by atoms with Crippen LogP contribution >= 0.6 is 0 Å². The van der Waals surface area contributed by atoms with Crippen molar-refractivity contribution in [3.8, 4) is 0 Å². The lowest BCUT2D eigenvalue weighted by atomic mass is 10.3. The SMILES string of the molecule is CCNc1ccccc1S(=O)(=O)NCc1ncn(C)n1. The van der Waals surface area contributed by atoms with Crippen LogP contribution in [-0.2, 0) is 23.6 Å². The molecule has 2 N–H and O–H groups in total. The van der Waals surface area contributed by atoms with Crippen molar-refractivity contribution in [1.29, 1.82) is 0 Å². The van der Waals surface area contributed by atoms with E-state index in [-0.39, 0.29) is 11.4 Å².